The predicted octanol–water partition coefficient (Wildman–Crippen LogP) is 2.73. The van der Waals surface area contributed by atoms with Crippen molar-refractivity contribution in [3.05, 3.63) is 65.7 Å². The molecule has 112 valence electrons. The molecule has 1 atom stereocenters. The monoisotopic (exact) mass is 294 g/mol. The molecule has 1 N–H and O–H groups in total. The molecule has 2 aromatic rings. The van der Waals surface area contributed by atoms with Crippen molar-refractivity contribution in [1.29, 1.82) is 0 Å². The lowest BCUT2D eigenvalue weighted by atomic mass is 10.2. The average Bonchev–Trinajstić information content (AvgIpc) is 2.78. The van der Waals surface area contributed by atoms with E-state index in [1.807, 2.05) is 61.5 Å². The first-order valence-electron chi connectivity index (χ1n) is 7.35. The smallest absolute Gasteiger partial charge is 0.252 e. The van der Waals surface area contributed by atoms with Crippen LogP contribution in [0, 0.1) is 6.92 Å². The van der Waals surface area contributed by atoms with Gasteiger partial charge in [-0.2, -0.15) is 0 Å². The maximum absolute atomic E-state index is 12.4. The van der Waals surface area contributed by atoms with Gasteiger partial charge < -0.3 is 5.32 Å². The Morgan fingerprint density at radius 2 is 1.73 bits per heavy atom. The Kier molecular flexibility index (Phi) is 3.92. The first-order chi connectivity index (χ1) is 10.6. The van der Waals surface area contributed by atoms with Crippen LogP contribution in [0.2, 0.25) is 0 Å². The highest BCUT2D eigenvalue weighted by molar-refractivity contribution is 6.06. The molecule has 0 spiro atoms. The molecule has 1 heterocycles. The number of imide groups is 1. The maximum Gasteiger partial charge on any atom is 0.252 e. The van der Waals surface area contributed by atoms with E-state index in [1.54, 1.807) is 0 Å². The highest BCUT2D eigenvalue weighted by atomic mass is 16.2. The van der Waals surface area contributed by atoms with Gasteiger partial charge >= 0.3 is 0 Å². The Morgan fingerprint density at radius 1 is 1.05 bits per heavy atom. The van der Waals surface area contributed by atoms with Crippen molar-refractivity contribution in [3.63, 3.8) is 0 Å². The summed E-state index contributed by atoms with van der Waals surface area (Å²) in [6.07, 6.45) is 0.208. The standard InChI is InChI=1S/C18H18N2O2/c1-13-7-9-15(10-8-13)19-16-11-17(21)20(18(16)22)12-14-5-3-2-4-6-14/h2-10,16,19H,11-12H2,1H3/t16-/m0/s1. The van der Waals surface area contributed by atoms with Gasteiger partial charge in [0.2, 0.25) is 5.91 Å². The number of hydrogen-bond donors (Lipinski definition) is 1. The summed E-state index contributed by atoms with van der Waals surface area (Å²) in [7, 11) is 0. The summed E-state index contributed by atoms with van der Waals surface area (Å²) < 4.78 is 0. The third kappa shape index (κ3) is 3.01. The fraction of sp³-hybridized carbons (Fsp3) is 0.222. The summed E-state index contributed by atoms with van der Waals surface area (Å²) in [6, 6.07) is 16.9. The third-order valence-electron chi connectivity index (χ3n) is 3.82. The van der Waals surface area contributed by atoms with Crippen LogP contribution in [0.4, 0.5) is 5.69 Å². The van der Waals surface area contributed by atoms with Gasteiger partial charge in [-0.15, -0.1) is 0 Å². The molecule has 22 heavy (non-hydrogen) atoms. The Bertz CT molecular complexity index is 680. The summed E-state index contributed by atoms with van der Waals surface area (Å²) in [5.41, 5.74) is 2.98. The topological polar surface area (TPSA) is 49.4 Å². The molecule has 0 saturated carbocycles. The second-order valence-electron chi connectivity index (χ2n) is 5.57. The highest BCUT2D eigenvalue weighted by Crippen LogP contribution is 2.20. The van der Waals surface area contributed by atoms with E-state index in [-0.39, 0.29) is 18.2 Å². The zero-order valence-corrected chi connectivity index (χ0v) is 12.5. The Morgan fingerprint density at radius 3 is 2.41 bits per heavy atom. The molecule has 1 saturated heterocycles. The molecule has 0 aliphatic carbocycles. The van der Waals surface area contributed by atoms with Crippen molar-refractivity contribution < 1.29 is 9.59 Å². The van der Waals surface area contributed by atoms with Crippen molar-refractivity contribution in [2.75, 3.05) is 5.32 Å². The molecule has 0 aromatic heterocycles. The van der Waals surface area contributed by atoms with E-state index in [1.165, 1.54) is 4.90 Å². The summed E-state index contributed by atoms with van der Waals surface area (Å²) in [4.78, 5) is 25.9. The van der Waals surface area contributed by atoms with Crippen molar-refractivity contribution >= 4 is 17.5 Å². The number of aryl methyl sites for hydroxylation is 1. The summed E-state index contributed by atoms with van der Waals surface area (Å²) in [6.45, 7) is 2.35. The number of rotatable bonds is 4. The number of nitrogens with one attached hydrogen (secondary N) is 1. The number of nitrogens with zero attached hydrogens (tertiary/aromatic N) is 1. The minimum absolute atomic E-state index is 0.126. The molecule has 1 aliphatic rings. The van der Waals surface area contributed by atoms with Crippen LogP contribution < -0.4 is 5.32 Å². The zero-order valence-electron chi connectivity index (χ0n) is 12.5. The van der Waals surface area contributed by atoms with Gasteiger partial charge in [0, 0.05) is 5.69 Å². The van der Waals surface area contributed by atoms with Crippen LogP contribution in [0.3, 0.4) is 0 Å². The van der Waals surface area contributed by atoms with E-state index in [2.05, 4.69) is 5.32 Å². The first-order valence-corrected chi connectivity index (χ1v) is 7.35. The number of carbonyl (C=O) groups is 2. The molecule has 4 nitrogen and oxygen atoms in total. The van der Waals surface area contributed by atoms with Gasteiger partial charge in [-0.3, -0.25) is 14.5 Å². The van der Waals surface area contributed by atoms with Crippen molar-refractivity contribution in [3.8, 4) is 0 Å². The SMILES string of the molecule is Cc1ccc(N[C@H]2CC(=O)N(Cc3ccccc3)C2=O)cc1. The van der Waals surface area contributed by atoms with Gasteiger partial charge in [0.25, 0.3) is 5.91 Å². The van der Waals surface area contributed by atoms with Crippen LogP contribution in [0.25, 0.3) is 0 Å². The van der Waals surface area contributed by atoms with Crippen LogP contribution in [-0.2, 0) is 16.1 Å². The number of hydrogen-bond acceptors (Lipinski definition) is 3. The molecule has 4 heteroatoms. The van der Waals surface area contributed by atoms with E-state index in [0.29, 0.717) is 6.54 Å². The Labute approximate surface area is 129 Å². The molecule has 0 unspecified atom stereocenters. The summed E-state index contributed by atoms with van der Waals surface area (Å²) in [5, 5.41) is 3.15. The number of likely N-dealkylation sites (tertiary alicyclic amines) is 1. The Balaban J connectivity index is 1.70. The van der Waals surface area contributed by atoms with Crippen molar-refractivity contribution in [2.24, 2.45) is 0 Å². The highest BCUT2D eigenvalue weighted by Gasteiger charge is 2.38. The maximum atomic E-state index is 12.4. The average molecular weight is 294 g/mol. The van der Waals surface area contributed by atoms with E-state index in [4.69, 9.17) is 0 Å². The van der Waals surface area contributed by atoms with Crippen LogP contribution in [0.15, 0.2) is 54.6 Å². The number of anilines is 1. The molecule has 2 amide bonds. The number of amides is 2. The summed E-state index contributed by atoms with van der Waals surface area (Å²) >= 11 is 0. The van der Waals surface area contributed by atoms with Crippen molar-refractivity contribution in [1.82, 2.24) is 4.90 Å². The molecule has 1 aliphatic heterocycles. The van der Waals surface area contributed by atoms with Gasteiger partial charge in [-0.25, -0.2) is 0 Å². The fourth-order valence-electron chi connectivity index (χ4n) is 2.58. The second kappa shape index (κ2) is 6.02. The van der Waals surface area contributed by atoms with Crippen LogP contribution >= 0.6 is 0 Å². The minimum atomic E-state index is -0.473. The molecule has 1 fully saturated rings. The lowest BCUT2D eigenvalue weighted by molar-refractivity contribution is -0.139. The zero-order chi connectivity index (χ0) is 15.5. The van der Waals surface area contributed by atoms with Gasteiger partial charge in [-0.05, 0) is 24.6 Å². The second-order valence-corrected chi connectivity index (χ2v) is 5.57. The van der Waals surface area contributed by atoms with Gasteiger partial charge in [0.1, 0.15) is 6.04 Å². The summed E-state index contributed by atoms with van der Waals surface area (Å²) in [5.74, 6) is -0.284. The lowest BCUT2D eigenvalue weighted by Crippen LogP contribution is -2.34. The minimum Gasteiger partial charge on any atom is -0.373 e. The quantitative estimate of drug-likeness (QED) is 0.882. The Hall–Kier alpha value is -2.62. The van der Waals surface area contributed by atoms with Crippen LogP contribution in [0.5, 0.6) is 0 Å². The molecule has 0 radical (unpaired) electrons. The molecular formula is C18H18N2O2. The van der Waals surface area contributed by atoms with E-state index in [0.717, 1.165) is 16.8 Å². The van der Waals surface area contributed by atoms with Gasteiger partial charge in [-0.1, -0.05) is 48.0 Å². The molecular weight excluding hydrogens is 276 g/mol. The molecule has 0 bridgehead atoms. The molecule has 2 aromatic carbocycles. The fourth-order valence-corrected chi connectivity index (χ4v) is 2.58. The largest absolute Gasteiger partial charge is 0.373 e. The van der Waals surface area contributed by atoms with Crippen molar-refractivity contribution in [2.45, 2.75) is 25.9 Å². The van der Waals surface area contributed by atoms with Crippen LogP contribution in [0.1, 0.15) is 17.5 Å². The van der Waals surface area contributed by atoms with Gasteiger partial charge in [0.15, 0.2) is 0 Å². The van der Waals surface area contributed by atoms with Crippen LogP contribution in [-0.4, -0.2) is 22.8 Å². The predicted molar refractivity (Wildman–Crippen MR) is 85.2 cm³/mol. The first kappa shape index (κ1) is 14.3. The van der Waals surface area contributed by atoms with E-state index in [9.17, 15) is 9.59 Å². The van der Waals surface area contributed by atoms with E-state index < -0.39 is 6.04 Å². The lowest BCUT2D eigenvalue weighted by Gasteiger charge is -2.16. The number of carbonyl (C=O) groups excluding carboxylic acids is 2. The third-order valence-corrected chi connectivity index (χ3v) is 3.82. The number of benzene rings is 2. The molecule has 3 rings (SSSR count). The normalized spacial score (nSPS) is 17.9. The van der Waals surface area contributed by atoms with Gasteiger partial charge in [0.05, 0.1) is 13.0 Å². The van der Waals surface area contributed by atoms with E-state index >= 15 is 0 Å².